The maximum Gasteiger partial charge on any atom is 0.130 e. The molecule has 0 aliphatic carbocycles. The van der Waals surface area contributed by atoms with Gasteiger partial charge in [-0.05, 0) is 85.5 Å². The van der Waals surface area contributed by atoms with Crippen LogP contribution in [0.5, 0.6) is 0 Å². The summed E-state index contributed by atoms with van der Waals surface area (Å²) in [5.74, 6) is 4.78. The zero-order chi connectivity index (χ0) is 47.1. The van der Waals surface area contributed by atoms with Crippen molar-refractivity contribution < 1.29 is 9.68 Å². The molecule has 5 rings (SSSR count). The quantitative estimate of drug-likeness (QED) is 0.0876. The first kappa shape index (κ1) is 62.3. The average Bonchev–Trinajstić information content (AvgIpc) is 3.75. The number of thiazole rings is 1. The third kappa shape index (κ3) is 40.8. The van der Waals surface area contributed by atoms with Gasteiger partial charge >= 0.3 is 0 Å². The van der Waals surface area contributed by atoms with Crippen molar-refractivity contribution in [1.82, 2.24) is 39.9 Å². The van der Waals surface area contributed by atoms with Crippen LogP contribution in [-0.4, -0.2) is 66.0 Å². The van der Waals surface area contributed by atoms with Crippen molar-refractivity contribution >= 4 is 23.8 Å². The van der Waals surface area contributed by atoms with E-state index in [-0.39, 0.29) is 7.43 Å². The Labute approximate surface area is 387 Å². The van der Waals surface area contributed by atoms with E-state index in [0.29, 0.717) is 42.1 Å². The second kappa shape index (κ2) is 41.0. The van der Waals surface area contributed by atoms with Crippen molar-refractivity contribution in [2.75, 3.05) is 13.7 Å². The molecule has 0 fully saturated rings. The smallest absolute Gasteiger partial charge is 0.130 e. The highest BCUT2D eigenvalue weighted by molar-refractivity contribution is 7.07. The van der Waals surface area contributed by atoms with Gasteiger partial charge in [-0.15, -0.1) is 11.3 Å². The number of hydrogen-bond acceptors (Lipinski definition) is 13. The molecule has 0 amide bonds. The van der Waals surface area contributed by atoms with Crippen molar-refractivity contribution in [3.05, 3.63) is 119 Å². The van der Waals surface area contributed by atoms with Gasteiger partial charge in [0.25, 0.3) is 0 Å². The molecule has 0 bridgehead atoms. The highest BCUT2D eigenvalue weighted by atomic mass is 32.1. The molecule has 5 aromatic heterocycles. The lowest BCUT2D eigenvalue weighted by molar-refractivity contribution is 0.159. The molecule has 0 aliphatic rings. The Morgan fingerprint density at radius 1 is 0.619 bits per heavy atom. The summed E-state index contributed by atoms with van der Waals surface area (Å²) in [5.41, 5.74) is 7.67. The van der Waals surface area contributed by atoms with E-state index in [1.54, 1.807) is 55.8 Å². The van der Waals surface area contributed by atoms with Gasteiger partial charge in [0.1, 0.15) is 25.9 Å². The van der Waals surface area contributed by atoms with Crippen LogP contribution in [0.3, 0.4) is 0 Å². The molecule has 0 spiro atoms. The molecule has 63 heavy (non-hydrogen) atoms. The fourth-order valence-corrected chi connectivity index (χ4v) is 4.61. The maximum absolute atomic E-state index is 4.71. The molecule has 0 saturated carbocycles. The fraction of sp³-hybridized carbons (Fsp3) is 0.560. The molecule has 0 radical (unpaired) electrons. The Balaban J connectivity index is -0.000000667. The zero-order valence-electron chi connectivity index (χ0n) is 41.1. The van der Waals surface area contributed by atoms with Gasteiger partial charge in [0.15, 0.2) is 0 Å². The third-order valence-electron chi connectivity index (χ3n) is 7.21. The number of aryl methyl sites for hydroxylation is 1. The number of hydrogen-bond donors (Lipinski definition) is 0. The molecule has 0 N–H and O–H groups in total. The molecule has 5 aromatic rings. The van der Waals surface area contributed by atoms with Gasteiger partial charge in [0.2, 0.25) is 0 Å². The highest BCUT2D eigenvalue weighted by Crippen LogP contribution is 2.10. The number of oxime groups is 2. The van der Waals surface area contributed by atoms with Crippen LogP contribution < -0.4 is 0 Å². The van der Waals surface area contributed by atoms with E-state index in [1.165, 1.54) is 17.0 Å². The van der Waals surface area contributed by atoms with Gasteiger partial charge in [-0.1, -0.05) is 121 Å². The van der Waals surface area contributed by atoms with Crippen LogP contribution in [0, 0.1) is 30.6 Å². The molecular formula is C50H84N10O2S. The van der Waals surface area contributed by atoms with E-state index in [2.05, 4.69) is 150 Å². The van der Waals surface area contributed by atoms with Gasteiger partial charge in [-0.2, -0.15) is 0 Å². The lowest BCUT2D eigenvalue weighted by Gasteiger charge is -2.01. The van der Waals surface area contributed by atoms with Gasteiger partial charge in [0, 0.05) is 79.0 Å². The minimum Gasteiger partial charge on any atom is -0.399 e. The summed E-state index contributed by atoms with van der Waals surface area (Å²) >= 11 is 1.67. The molecule has 0 atom stereocenters. The summed E-state index contributed by atoms with van der Waals surface area (Å²) in [5, 5.41) is 9.32. The summed E-state index contributed by atoms with van der Waals surface area (Å²) < 4.78 is 0. The lowest BCUT2D eigenvalue weighted by atomic mass is 10.1. The van der Waals surface area contributed by atoms with Crippen LogP contribution in [0.1, 0.15) is 163 Å². The molecule has 13 heteroatoms. The molecular weight excluding hydrogens is 805 g/mol. The van der Waals surface area contributed by atoms with Crippen LogP contribution in [0.2, 0.25) is 0 Å². The summed E-state index contributed by atoms with van der Waals surface area (Å²) in [6.07, 6.45) is 21.7. The molecule has 352 valence electrons. The first-order chi connectivity index (χ1) is 29.4. The average molecular weight is 889 g/mol. The Kier molecular flexibility index (Phi) is 40.5. The third-order valence-corrected chi connectivity index (χ3v) is 7.85. The standard InChI is InChI=1S/C9H13N.C8H12N2.2C7H10N2.C7H11NS.C6H13NO.C5H11NO.CH4/c1-8(2)7-9-5-3-4-6-10-9;1-6(2)8-9-4-7(3)5-10-8;1-6(2)7-3-8-5-9-4-7;1-6(2)7-5-8-3-4-9-7;1-6(2)3-7-4-9-5-8-7;1-4-8-7-5-6(2)3;1-5(2)4-6-7-3;/h3-6,8H,7H2,1-2H3;4-6H,1-3H3;2*3-6H,1-2H3;4-6H,3H2,1-2H3;5-6H,4H2,1-3H3;4-5H,1-3H3;1H4. The zero-order valence-corrected chi connectivity index (χ0v) is 41.9. The molecule has 12 nitrogen and oxygen atoms in total. The Hall–Kier alpha value is -5.04. The first-order valence-corrected chi connectivity index (χ1v) is 22.7. The predicted octanol–water partition coefficient (Wildman–Crippen LogP) is 13.3. The van der Waals surface area contributed by atoms with Gasteiger partial charge < -0.3 is 9.68 Å². The molecule has 0 saturated heterocycles. The van der Waals surface area contributed by atoms with Crippen LogP contribution in [0.4, 0.5) is 0 Å². The van der Waals surface area contributed by atoms with Crippen molar-refractivity contribution in [2.24, 2.45) is 34.0 Å². The summed E-state index contributed by atoms with van der Waals surface area (Å²) in [7, 11) is 1.54. The molecule has 0 aromatic carbocycles. The maximum atomic E-state index is 4.71. The van der Waals surface area contributed by atoms with Crippen LogP contribution >= 0.6 is 11.3 Å². The van der Waals surface area contributed by atoms with Crippen molar-refractivity contribution in [3.63, 3.8) is 0 Å². The van der Waals surface area contributed by atoms with E-state index in [1.807, 2.05) is 76.3 Å². The molecule has 0 aliphatic heterocycles. The van der Waals surface area contributed by atoms with Crippen molar-refractivity contribution in [2.45, 2.75) is 149 Å². The van der Waals surface area contributed by atoms with E-state index in [9.17, 15) is 0 Å². The van der Waals surface area contributed by atoms with Gasteiger partial charge in [0.05, 0.1) is 16.9 Å². The largest absolute Gasteiger partial charge is 0.399 e. The predicted molar refractivity (Wildman–Crippen MR) is 269 cm³/mol. The number of pyridine rings is 1. The monoisotopic (exact) mass is 889 g/mol. The molecule has 5 heterocycles. The van der Waals surface area contributed by atoms with Crippen molar-refractivity contribution in [3.8, 4) is 0 Å². The molecule has 0 unspecified atom stereocenters. The van der Waals surface area contributed by atoms with E-state index >= 15 is 0 Å². The SMILES string of the molecule is C.CC(C)Cc1ccccn1.CC(C)Cc1cscn1.CC(C)c1cnccn1.CC(C)c1cncnc1.CCON=CC(C)C.CON=CC(C)C.Cc1cnc(C(C)C)nc1. The first-order valence-electron chi connectivity index (χ1n) is 21.7. The van der Waals surface area contributed by atoms with Crippen LogP contribution in [-0.2, 0) is 22.5 Å². The van der Waals surface area contributed by atoms with Gasteiger partial charge in [-0.3, -0.25) is 15.0 Å². The van der Waals surface area contributed by atoms with Gasteiger partial charge in [-0.25, -0.2) is 24.9 Å². The number of nitrogens with zero attached hydrogens (tertiary/aromatic N) is 10. The van der Waals surface area contributed by atoms with E-state index < -0.39 is 0 Å². The second-order valence-corrected chi connectivity index (χ2v) is 17.2. The minimum atomic E-state index is 0. The van der Waals surface area contributed by atoms with E-state index in [0.717, 1.165) is 35.8 Å². The highest BCUT2D eigenvalue weighted by Gasteiger charge is 2.00. The summed E-state index contributed by atoms with van der Waals surface area (Å²) in [6, 6.07) is 6.05. The van der Waals surface area contributed by atoms with Crippen molar-refractivity contribution in [1.29, 1.82) is 0 Å². The van der Waals surface area contributed by atoms with E-state index in [4.69, 9.17) is 4.84 Å². The Morgan fingerprint density at radius 2 is 1.21 bits per heavy atom. The Bertz CT molecular complexity index is 1680. The minimum absolute atomic E-state index is 0. The topological polar surface area (TPSA) is 146 Å². The van der Waals surface area contributed by atoms with Crippen LogP contribution in [0.25, 0.3) is 0 Å². The second-order valence-electron chi connectivity index (χ2n) is 16.5. The Morgan fingerprint density at radius 3 is 1.57 bits per heavy atom. The summed E-state index contributed by atoms with van der Waals surface area (Å²) in [4.78, 5) is 41.7. The number of rotatable bonds is 12. The lowest BCUT2D eigenvalue weighted by Crippen LogP contribution is -1.95. The normalized spacial score (nSPS) is 10.3. The number of aromatic nitrogens is 8. The summed E-state index contributed by atoms with van der Waals surface area (Å²) in [6.45, 7) is 34.2. The fourth-order valence-electron chi connectivity index (χ4n) is 4.03. The van der Waals surface area contributed by atoms with Crippen LogP contribution in [0.15, 0.2) is 95.3 Å².